The van der Waals surface area contributed by atoms with E-state index in [0.29, 0.717) is 23.8 Å². The van der Waals surface area contributed by atoms with Gasteiger partial charge in [0.1, 0.15) is 11.0 Å². The van der Waals surface area contributed by atoms with Crippen LogP contribution >= 0.6 is 11.8 Å². The molecule has 3 rings (SSSR count). The summed E-state index contributed by atoms with van der Waals surface area (Å²) in [4.78, 5) is 26.3. The van der Waals surface area contributed by atoms with Crippen LogP contribution in [0, 0.1) is 0 Å². The van der Waals surface area contributed by atoms with Gasteiger partial charge in [-0.15, -0.1) is 5.10 Å². The zero-order valence-electron chi connectivity index (χ0n) is 16.2. The molecule has 8 heteroatoms. The van der Waals surface area contributed by atoms with Crippen LogP contribution in [0.4, 0.5) is 5.69 Å². The maximum atomic E-state index is 12.7. The Labute approximate surface area is 173 Å². The number of rotatable bonds is 6. The number of hydrogen-bond donors (Lipinski definition) is 1. The Morgan fingerprint density at radius 1 is 1.14 bits per heavy atom. The predicted molar refractivity (Wildman–Crippen MR) is 116 cm³/mol. The van der Waals surface area contributed by atoms with Crippen LogP contribution in [-0.2, 0) is 9.59 Å². The number of imide groups is 1. The molecular formula is C21H22N4O3S. The monoisotopic (exact) mass is 410 g/mol. The lowest BCUT2D eigenvalue weighted by Crippen LogP contribution is -2.31. The molecule has 7 nitrogen and oxygen atoms in total. The second-order valence-electron chi connectivity index (χ2n) is 6.29. The number of benzene rings is 2. The average Bonchev–Trinajstić information content (AvgIpc) is 3.00. The number of amides is 2. The minimum absolute atomic E-state index is 0.0638. The standard InChI is InChI=1S/C21H22N4O3S/c1-3-28-17-11-9-16(10-12-17)25-19(26)13-18(20(25)27)29-21(22)24-23-14(2)15-7-5-4-6-8-15/h4-12,18H,3,13H2,1-2H3,(H2,22,24)/b23-14-/t18-/m0/s1. The summed E-state index contributed by atoms with van der Waals surface area (Å²) in [5.74, 6) is 0.101. The van der Waals surface area contributed by atoms with Crippen molar-refractivity contribution in [2.45, 2.75) is 25.5 Å². The number of nitrogens with two attached hydrogens (primary N) is 1. The smallest absolute Gasteiger partial charge is 0.247 e. The Hall–Kier alpha value is -3.13. The van der Waals surface area contributed by atoms with Gasteiger partial charge in [0.2, 0.25) is 11.8 Å². The van der Waals surface area contributed by atoms with Crippen molar-refractivity contribution in [2.75, 3.05) is 11.5 Å². The molecule has 2 N–H and O–H groups in total. The normalized spacial score (nSPS) is 17.7. The predicted octanol–water partition coefficient (Wildman–Crippen LogP) is 3.19. The Balaban J connectivity index is 1.67. The summed E-state index contributed by atoms with van der Waals surface area (Å²) in [6.07, 6.45) is 0.0638. The lowest BCUT2D eigenvalue weighted by atomic mass is 10.1. The molecule has 0 unspecified atom stereocenters. The Kier molecular flexibility index (Phi) is 6.66. The fourth-order valence-corrected chi connectivity index (χ4v) is 3.67. The highest BCUT2D eigenvalue weighted by Crippen LogP contribution is 2.30. The van der Waals surface area contributed by atoms with E-state index in [1.807, 2.05) is 44.2 Å². The molecule has 0 spiro atoms. The highest BCUT2D eigenvalue weighted by atomic mass is 32.2. The molecule has 1 saturated heterocycles. The third kappa shape index (κ3) is 5.03. The van der Waals surface area contributed by atoms with Crippen molar-refractivity contribution in [1.29, 1.82) is 0 Å². The molecule has 0 bridgehead atoms. The molecule has 0 aliphatic carbocycles. The summed E-state index contributed by atoms with van der Waals surface area (Å²) in [7, 11) is 0. The van der Waals surface area contributed by atoms with E-state index in [1.165, 1.54) is 4.90 Å². The van der Waals surface area contributed by atoms with Crippen LogP contribution in [0.2, 0.25) is 0 Å². The van der Waals surface area contributed by atoms with Crippen LogP contribution in [0.5, 0.6) is 5.75 Å². The molecule has 2 aromatic carbocycles. The second-order valence-corrected chi connectivity index (χ2v) is 7.52. The molecule has 2 amide bonds. The highest BCUT2D eigenvalue weighted by molar-refractivity contribution is 8.14. The van der Waals surface area contributed by atoms with Crippen LogP contribution in [0.15, 0.2) is 64.8 Å². The van der Waals surface area contributed by atoms with Gasteiger partial charge in [-0.1, -0.05) is 42.1 Å². The van der Waals surface area contributed by atoms with Crippen molar-refractivity contribution in [3.05, 3.63) is 60.2 Å². The summed E-state index contributed by atoms with van der Waals surface area (Å²) in [6, 6.07) is 16.4. The molecule has 2 aromatic rings. The number of thioether (sulfide) groups is 1. The first kappa shape index (κ1) is 20.6. The number of carbonyl (C=O) groups excluding carboxylic acids is 2. The maximum absolute atomic E-state index is 12.7. The minimum Gasteiger partial charge on any atom is -0.494 e. The molecule has 1 heterocycles. The summed E-state index contributed by atoms with van der Waals surface area (Å²) < 4.78 is 5.39. The molecule has 150 valence electrons. The maximum Gasteiger partial charge on any atom is 0.247 e. The van der Waals surface area contributed by atoms with Crippen molar-refractivity contribution in [3.8, 4) is 5.75 Å². The van der Waals surface area contributed by atoms with Crippen LogP contribution in [0.1, 0.15) is 25.8 Å². The first-order valence-electron chi connectivity index (χ1n) is 9.19. The van der Waals surface area contributed by atoms with Crippen LogP contribution in [0.25, 0.3) is 0 Å². The van der Waals surface area contributed by atoms with E-state index in [4.69, 9.17) is 10.5 Å². The van der Waals surface area contributed by atoms with E-state index in [2.05, 4.69) is 10.2 Å². The third-order valence-corrected chi connectivity index (χ3v) is 5.24. The van der Waals surface area contributed by atoms with Crippen LogP contribution in [0.3, 0.4) is 0 Å². The quantitative estimate of drug-likeness (QED) is 0.341. The average molecular weight is 410 g/mol. The Morgan fingerprint density at radius 3 is 2.48 bits per heavy atom. The number of amidine groups is 1. The van der Waals surface area contributed by atoms with Gasteiger partial charge in [-0.05, 0) is 43.7 Å². The van der Waals surface area contributed by atoms with Gasteiger partial charge >= 0.3 is 0 Å². The van der Waals surface area contributed by atoms with Crippen LogP contribution < -0.4 is 15.4 Å². The highest BCUT2D eigenvalue weighted by Gasteiger charge is 2.40. The number of carbonyl (C=O) groups is 2. The molecule has 0 aromatic heterocycles. The van der Waals surface area contributed by atoms with Crippen molar-refractivity contribution < 1.29 is 14.3 Å². The van der Waals surface area contributed by atoms with E-state index < -0.39 is 5.25 Å². The zero-order valence-corrected chi connectivity index (χ0v) is 17.1. The van der Waals surface area contributed by atoms with Gasteiger partial charge in [-0.3, -0.25) is 9.59 Å². The lowest BCUT2D eigenvalue weighted by molar-refractivity contribution is -0.121. The number of hydrogen-bond acceptors (Lipinski definition) is 6. The molecule has 0 saturated carbocycles. The summed E-state index contributed by atoms with van der Waals surface area (Å²) in [6.45, 7) is 4.26. The molecule has 1 fully saturated rings. The van der Waals surface area contributed by atoms with Gasteiger partial charge in [0.05, 0.1) is 18.0 Å². The SMILES string of the molecule is CCOc1ccc(N2C(=O)C[C@H](SC(N)=N/N=C(/C)c3ccccc3)C2=O)cc1. The van der Waals surface area contributed by atoms with Crippen molar-refractivity contribution in [3.63, 3.8) is 0 Å². The largest absolute Gasteiger partial charge is 0.494 e. The third-order valence-electron chi connectivity index (χ3n) is 4.26. The fourth-order valence-electron chi connectivity index (χ4n) is 2.86. The van der Waals surface area contributed by atoms with Crippen molar-refractivity contribution >= 4 is 40.1 Å². The molecule has 0 radical (unpaired) electrons. The summed E-state index contributed by atoms with van der Waals surface area (Å²) in [5, 5.41) is 7.64. The van der Waals surface area contributed by atoms with E-state index >= 15 is 0 Å². The van der Waals surface area contributed by atoms with Gasteiger partial charge < -0.3 is 10.5 Å². The van der Waals surface area contributed by atoms with Gasteiger partial charge in [-0.2, -0.15) is 5.10 Å². The fraction of sp³-hybridized carbons (Fsp3) is 0.238. The van der Waals surface area contributed by atoms with Gasteiger partial charge in [0.25, 0.3) is 0 Å². The molecule has 1 atom stereocenters. The Morgan fingerprint density at radius 2 is 1.83 bits per heavy atom. The molecule has 1 aliphatic heterocycles. The summed E-state index contributed by atoms with van der Waals surface area (Å²) >= 11 is 1.05. The Bertz CT molecular complexity index is 942. The first-order valence-corrected chi connectivity index (χ1v) is 10.1. The van der Waals surface area contributed by atoms with E-state index in [0.717, 1.165) is 17.3 Å². The van der Waals surface area contributed by atoms with E-state index in [-0.39, 0.29) is 23.4 Å². The zero-order chi connectivity index (χ0) is 20.8. The lowest BCUT2D eigenvalue weighted by Gasteiger charge is -2.15. The topological polar surface area (TPSA) is 97.3 Å². The van der Waals surface area contributed by atoms with Gasteiger partial charge in [0, 0.05) is 6.42 Å². The molecule has 29 heavy (non-hydrogen) atoms. The van der Waals surface area contributed by atoms with E-state index in [1.54, 1.807) is 24.3 Å². The van der Waals surface area contributed by atoms with Crippen molar-refractivity contribution in [1.82, 2.24) is 0 Å². The summed E-state index contributed by atoms with van der Waals surface area (Å²) in [5.41, 5.74) is 8.09. The molecule has 1 aliphatic rings. The van der Waals surface area contributed by atoms with Crippen molar-refractivity contribution in [2.24, 2.45) is 15.9 Å². The first-order chi connectivity index (χ1) is 14.0. The van der Waals surface area contributed by atoms with Crippen LogP contribution in [-0.4, -0.2) is 34.6 Å². The molecular weight excluding hydrogens is 388 g/mol. The van der Waals surface area contributed by atoms with Gasteiger partial charge in [-0.25, -0.2) is 4.90 Å². The number of ether oxygens (including phenoxy) is 1. The van der Waals surface area contributed by atoms with Gasteiger partial charge in [0.15, 0.2) is 5.17 Å². The number of anilines is 1. The van der Waals surface area contributed by atoms with E-state index in [9.17, 15) is 9.59 Å². The number of nitrogens with zero attached hydrogens (tertiary/aromatic N) is 3. The second kappa shape index (κ2) is 9.38. The minimum atomic E-state index is -0.620.